The van der Waals surface area contributed by atoms with Crippen LogP contribution in [-0.4, -0.2) is 41.1 Å². The number of amides is 1. The van der Waals surface area contributed by atoms with Crippen LogP contribution in [0.4, 0.5) is 5.13 Å². The van der Waals surface area contributed by atoms with Crippen LogP contribution in [0, 0.1) is 6.92 Å². The van der Waals surface area contributed by atoms with Crippen molar-refractivity contribution in [3.05, 3.63) is 81.3 Å². The van der Waals surface area contributed by atoms with Crippen molar-refractivity contribution >= 4 is 60.1 Å². The summed E-state index contributed by atoms with van der Waals surface area (Å²) in [6.45, 7) is 1.96. The van der Waals surface area contributed by atoms with Crippen LogP contribution in [0.2, 0.25) is 0 Å². The maximum absolute atomic E-state index is 13.5. The third-order valence-electron chi connectivity index (χ3n) is 6.13. The number of aromatic hydroxyl groups is 1. The van der Waals surface area contributed by atoms with Gasteiger partial charge in [-0.1, -0.05) is 17.4 Å². The van der Waals surface area contributed by atoms with Gasteiger partial charge in [-0.3, -0.25) is 14.5 Å². The molecule has 2 heterocycles. The lowest BCUT2D eigenvalue weighted by atomic mass is 9.95. The number of aliphatic hydroxyl groups excluding tert-OH is 1. The van der Waals surface area contributed by atoms with Crippen molar-refractivity contribution in [2.45, 2.75) is 13.0 Å². The van der Waals surface area contributed by atoms with E-state index in [0.29, 0.717) is 32.0 Å². The van der Waals surface area contributed by atoms with E-state index in [4.69, 9.17) is 9.47 Å². The van der Waals surface area contributed by atoms with Crippen molar-refractivity contribution in [1.29, 1.82) is 0 Å². The van der Waals surface area contributed by atoms with E-state index in [1.165, 1.54) is 36.5 Å². The molecule has 0 aliphatic carbocycles. The molecule has 1 aliphatic heterocycles. The quantitative estimate of drug-likeness (QED) is 0.176. The molecule has 1 aromatic heterocycles. The number of halogens is 1. The molecule has 37 heavy (non-hydrogen) atoms. The number of carbonyl (C=O) groups excluding carboxylic acids is 2. The van der Waals surface area contributed by atoms with Gasteiger partial charge in [-0.25, -0.2) is 4.98 Å². The van der Waals surface area contributed by atoms with Gasteiger partial charge in [0.15, 0.2) is 16.6 Å². The molecule has 1 atom stereocenters. The molecule has 1 aliphatic rings. The number of aryl methyl sites for hydroxylation is 1. The third-order valence-corrected chi connectivity index (χ3v) is 7.75. The molecule has 188 valence electrons. The van der Waals surface area contributed by atoms with Gasteiger partial charge in [-0.15, -0.1) is 0 Å². The highest BCUT2D eigenvalue weighted by Crippen LogP contribution is 2.47. The number of hydrogen-bond donors (Lipinski definition) is 2. The number of hydrogen-bond acceptors (Lipinski definition) is 8. The molecular formula is C27H21BrN2O6S. The summed E-state index contributed by atoms with van der Waals surface area (Å²) in [7, 11) is 2.92. The second-order valence-electron chi connectivity index (χ2n) is 8.42. The number of ketones is 1. The number of ether oxygens (including phenoxy) is 2. The Morgan fingerprint density at radius 1 is 1.05 bits per heavy atom. The summed E-state index contributed by atoms with van der Waals surface area (Å²) in [5.74, 6) is -1.43. The standard InChI is InChI=1S/C27H21BrN2O6S/c1-13-4-9-18-20(10-13)37-27(29-18)30-22(15-11-17(28)24(32)19(12-15)36-3)21(25(33)26(30)34)23(31)14-5-7-16(35-2)8-6-14/h4-12,22,31-32H,1-3H3/b23-21+. The van der Waals surface area contributed by atoms with Gasteiger partial charge >= 0.3 is 5.91 Å². The lowest BCUT2D eigenvalue weighted by Crippen LogP contribution is -2.29. The van der Waals surface area contributed by atoms with E-state index in [-0.39, 0.29) is 22.8 Å². The lowest BCUT2D eigenvalue weighted by Gasteiger charge is -2.24. The number of methoxy groups -OCH3 is 2. The number of anilines is 1. The highest BCUT2D eigenvalue weighted by Gasteiger charge is 2.48. The molecule has 1 unspecified atom stereocenters. The van der Waals surface area contributed by atoms with Crippen LogP contribution < -0.4 is 14.4 Å². The van der Waals surface area contributed by atoms with Crippen molar-refractivity contribution in [3.63, 3.8) is 0 Å². The Kier molecular flexibility index (Phi) is 6.38. The largest absolute Gasteiger partial charge is 0.507 e. The molecule has 1 amide bonds. The first-order chi connectivity index (χ1) is 17.7. The fraction of sp³-hybridized carbons (Fsp3) is 0.148. The van der Waals surface area contributed by atoms with Gasteiger partial charge in [-0.05, 0) is 82.5 Å². The predicted molar refractivity (Wildman–Crippen MR) is 144 cm³/mol. The van der Waals surface area contributed by atoms with Crippen molar-refractivity contribution in [2.24, 2.45) is 0 Å². The first-order valence-corrected chi connectivity index (χ1v) is 12.7. The SMILES string of the molecule is COc1ccc(/C(O)=C2\C(=O)C(=O)N(c3nc4ccc(C)cc4s3)C2c2cc(Br)c(O)c(OC)c2)cc1. The minimum atomic E-state index is -1.03. The number of phenolic OH excluding ortho intramolecular Hbond substituents is 1. The molecule has 1 saturated heterocycles. The number of fused-ring (bicyclic) bond motifs is 1. The monoisotopic (exact) mass is 580 g/mol. The number of phenols is 1. The Balaban J connectivity index is 1.76. The Labute approximate surface area is 224 Å². The number of aromatic nitrogens is 1. The van der Waals surface area contributed by atoms with Gasteiger partial charge in [0.1, 0.15) is 11.5 Å². The highest BCUT2D eigenvalue weighted by atomic mass is 79.9. The minimum Gasteiger partial charge on any atom is -0.507 e. The number of aliphatic hydroxyl groups is 1. The van der Waals surface area contributed by atoms with E-state index in [0.717, 1.165) is 10.3 Å². The predicted octanol–water partition coefficient (Wildman–Crippen LogP) is 5.72. The molecule has 4 aromatic rings. The van der Waals surface area contributed by atoms with Gasteiger partial charge in [0.05, 0.1) is 40.5 Å². The summed E-state index contributed by atoms with van der Waals surface area (Å²) in [4.78, 5) is 32.8. The molecule has 0 spiro atoms. The fourth-order valence-corrected chi connectivity index (χ4v) is 5.83. The minimum absolute atomic E-state index is 0.106. The Morgan fingerprint density at radius 2 is 1.78 bits per heavy atom. The van der Waals surface area contributed by atoms with Gasteiger partial charge in [0.25, 0.3) is 5.78 Å². The topological polar surface area (TPSA) is 109 Å². The summed E-state index contributed by atoms with van der Waals surface area (Å²) in [6.07, 6.45) is 0. The average Bonchev–Trinajstić information content (AvgIpc) is 3.42. The number of Topliss-reactive ketones (excluding diaryl/α,β-unsaturated/α-hetero) is 1. The Bertz CT molecular complexity index is 1590. The van der Waals surface area contributed by atoms with Gasteiger partial charge in [-0.2, -0.15) is 0 Å². The van der Waals surface area contributed by atoms with E-state index in [1.807, 2.05) is 25.1 Å². The maximum atomic E-state index is 13.5. The summed E-state index contributed by atoms with van der Waals surface area (Å²) in [5.41, 5.74) is 2.39. The zero-order valence-corrected chi connectivity index (χ0v) is 22.4. The number of nitrogens with zero attached hydrogens (tertiary/aromatic N) is 2. The molecule has 1 fully saturated rings. The van der Waals surface area contributed by atoms with Crippen molar-refractivity contribution in [3.8, 4) is 17.2 Å². The van der Waals surface area contributed by atoms with Crippen LogP contribution in [0.1, 0.15) is 22.7 Å². The second-order valence-corrected chi connectivity index (χ2v) is 10.3. The molecule has 0 saturated carbocycles. The van der Waals surface area contributed by atoms with E-state index >= 15 is 0 Å². The van der Waals surface area contributed by atoms with Crippen LogP contribution in [0.25, 0.3) is 16.0 Å². The Hall–Kier alpha value is -3.89. The second kappa shape index (κ2) is 9.53. The van der Waals surface area contributed by atoms with Crippen LogP contribution >= 0.6 is 27.3 Å². The van der Waals surface area contributed by atoms with Crippen LogP contribution in [0.3, 0.4) is 0 Å². The zero-order valence-electron chi connectivity index (χ0n) is 20.0. The van der Waals surface area contributed by atoms with E-state index < -0.39 is 17.7 Å². The first kappa shape index (κ1) is 24.8. The summed E-state index contributed by atoms with van der Waals surface area (Å²) >= 11 is 4.59. The first-order valence-electron chi connectivity index (χ1n) is 11.1. The summed E-state index contributed by atoms with van der Waals surface area (Å²) in [5, 5.41) is 22.0. The van der Waals surface area contributed by atoms with Crippen molar-refractivity contribution < 1.29 is 29.3 Å². The number of carbonyl (C=O) groups is 2. The molecule has 0 radical (unpaired) electrons. The fourth-order valence-electron chi connectivity index (χ4n) is 4.28. The number of rotatable bonds is 5. The molecule has 10 heteroatoms. The average molecular weight is 581 g/mol. The highest BCUT2D eigenvalue weighted by molar-refractivity contribution is 9.10. The molecule has 8 nitrogen and oxygen atoms in total. The molecule has 5 rings (SSSR count). The molecule has 3 aromatic carbocycles. The number of benzene rings is 3. The summed E-state index contributed by atoms with van der Waals surface area (Å²) < 4.78 is 11.7. The Morgan fingerprint density at radius 3 is 2.46 bits per heavy atom. The van der Waals surface area contributed by atoms with E-state index in [1.54, 1.807) is 30.3 Å². The van der Waals surface area contributed by atoms with E-state index in [9.17, 15) is 19.8 Å². The zero-order chi connectivity index (χ0) is 26.4. The van der Waals surface area contributed by atoms with Crippen molar-refractivity contribution in [1.82, 2.24) is 4.98 Å². The van der Waals surface area contributed by atoms with Crippen molar-refractivity contribution in [2.75, 3.05) is 19.1 Å². The summed E-state index contributed by atoms with van der Waals surface area (Å²) in [6, 6.07) is 14.3. The molecule has 2 N–H and O–H groups in total. The normalized spacial score (nSPS) is 17.0. The molecule has 0 bridgehead atoms. The molecular weight excluding hydrogens is 560 g/mol. The van der Waals surface area contributed by atoms with Gasteiger partial charge < -0.3 is 19.7 Å². The maximum Gasteiger partial charge on any atom is 0.301 e. The third kappa shape index (κ3) is 4.21. The smallest absolute Gasteiger partial charge is 0.301 e. The van der Waals surface area contributed by atoms with Crippen LogP contribution in [-0.2, 0) is 9.59 Å². The van der Waals surface area contributed by atoms with Gasteiger partial charge in [0, 0.05) is 5.56 Å². The van der Waals surface area contributed by atoms with Crippen LogP contribution in [0.5, 0.6) is 17.2 Å². The van der Waals surface area contributed by atoms with Gasteiger partial charge in [0.2, 0.25) is 0 Å². The van der Waals surface area contributed by atoms with Crippen LogP contribution in [0.15, 0.2) is 64.6 Å². The number of thiazole rings is 1. The lowest BCUT2D eigenvalue weighted by molar-refractivity contribution is -0.132. The van der Waals surface area contributed by atoms with E-state index in [2.05, 4.69) is 20.9 Å².